The largest absolute Gasteiger partial charge is 0.497 e. The lowest BCUT2D eigenvalue weighted by Crippen LogP contribution is -2.22. The Labute approximate surface area is 159 Å². The van der Waals surface area contributed by atoms with Gasteiger partial charge < -0.3 is 25.3 Å². The van der Waals surface area contributed by atoms with Crippen molar-refractivity contribution in [2.75, 3.05) is 26.6 Å². The molecule has 6 nitrogen and oxygen atoms in total. The Bertz CT molecular complexity index is 693. The first-order valence-electron chi connectivity index (χ1n) is 7.08. The van der Waals surface area contributed by atoms with E-state index < -0.39 is 0 Å². The Morgan fingerprint density at radius 1 is 1.00 bits per heavy atom. The van der Waals surface area contributed by atoms with E-state index in [0.29, 0.717) is 24.0 Å². The molecule has 0 saturated heterocycles. The molecule has 24 heavy (non-hydrogen) atoms. The van der Waals surface area contributed by atoms with Crippen molar-refractivity contribution in [3.05, 3.63) is 48.0 Å². The third kappa shape index (κ3) is 5.48. The van der Waals surface area contributed by atoms with Gasteiger partial charge in [0, 0.05) is 11.8 Å². The molecule has 0 saturated carbocycles. The number of benzene rings is 2. The summed E-state index contributed by atoms with van der Waals surface area (Å²) >= 11 is 0. The van der Waals surface area contributed by atoms with E-state index >= 15 is 0 Å². The van der Waals surface area contributed by atoms with E-state index in [4.69, 9.17) is 19.9 Å². The molecule has 0 amide bonds. The first-order chi connectivity index (χ1) is 11.2. The average Bonchev–Trinajstić information content (AvgIpc) is 2.59. The van der Waals surface area contributed by atoms with Crippen molar-refractivity contribution in [1.29, 1.82) is 0 Å². The van der Waals surface area contributed by atoms with Gasteiger partial charge in [0.25, 0.3) is 0 Å². The highest BCUT2D eigenvalue weighted by Crippen LogP contribution is 2.27. The predicted molar refractivity (Wildman–Crippen MR) is 107 cm³/mol. The zero-order valence-corrected chi connectivity index (χ0v) is 16.2. The fourth-order valence-electron chi connectivity index (χ4n) is 2.04. The van der Waals surface area contributed by atoms with Crippen molar-refractivity contribution in [1.82, 2.24) is 0 Å². The first-order valence-corrected chi connectivity index (χ1v) is 7.08. The van der Waals surface area contributed by atoms with Gasteiger partial charge in [-0.25, -0.2) is 4.99 Å². The van der Waals surface area contributed by atoms with Crippen molar-refractivity contribution < 1.29 is 14.2 Å². The van der Waals surface area contributed by atoms with Crippen molar-refractivity contribution in [2.45, 2.75) is 6.54 Å². The molecule has 130 valence electrons. The number of hydrogen-bond acceptors (Lipinski definition) is 4. The summed E-state index contributed by atoms with van der Waals surface area (Å²) in [4.78, 5) is 4.32. The minimum Gasteiger partial charge on any atom is -0.497 e. The molecule has 7 heteroatoms. The number of guanidine groups is 1. The summed E-state index contributed by atoms with van der Waals surface area (Å²) < 4.78 is 15.6. The van der Waals surface area contributed by atoms with Gasteiger partial charge in [0.1, 0.15) is 5.75 Å². The average molecular weight is 443 g/mol. The topological polar surface area (TPSA) is 78.1 Å². The summed E-state index contributed by atoms with van der Waals surface area (Å²) in [5.74, 6) is 2.43. The number of hydrogen-bond donors (Lipinski definition) is 2. The molecule has 0 atom stereocenters. The monoisotopic (exact) mass is 443 g/mol. The fourth-order valence-corrected chi connectivity index (χ4v) is 2.04. The van der Waals surface area contributed by atoms with Crippen LogP contribution in [0.3, 0.4) is 0 Å². The maximum atomic E-state index is 5.91. The number of methoxy groups -OCH3 is 3. The lowest BCUT2D eigenvalue weighted by molar-refractivity contribution is 0.354. The van der Waals surface area contributed by atoms with Crippen LogP contribution in [0.15, 0.2) is 47.5 Å². The Morgan fingerprint density at radius 2 is 1.75 bits per heavy atom. The Kier molecular flexibility index (Phi) is 8.17. The number of nitrogens with zero attached hydrogens (tertiary/aromatic N) is 1. The van der Waals surface area contributed by atoms with Crippen molar-refractivity contribution in [3.8, 4) is 17.2 Å². The molecule has 0 bridgehead atoms. The quantitative estimate of drug-likeness (QED) is 0.407. The second kappa shape index (κ2) is 9.86. The molecule has 0 spiro atoms. The molecule has 0 heterocycles. The van der Waals surface area contributed by atoms with Crippen LogP contribution in [0.1, 0.15) is 5.56 Å². The van der Waals surface area contributed by atoms with Crippen LogP contribution in [0, 0.1) is 0 Å². The van der Waals surface area contributed by atoms with E-state index in [-0.39, 0.29) is 24.0 Å². The summed E-state index contributed by atoms with van der Waals surface area (Å²) in [5.41, 5.74) is 7.70. The smallest absolute Gasteiger partial charge is 0.193 e. The normalized spacial score (nSPS) is 10.5. The molecule has 2 aromatic carbocycles. The van der Waals surface area contributed by atoms with Crippen LogP contribution in [0.4, 0.5) is 5.69 Å². The minimum absolute atomic E-state index is 0. The summed E-state index contributed by atoms with van der Waals surface area (Å²) in [6.07, 6.45) is 0. The summed E-state index contributed by atoms with van der Waals surface area (Å²) in [5, 5.41) is 3.03. The summed E-state index contributed by atoms with van der Waals surface area (Å²) in [6.45, 7) is 0.434. The van der Waals surface area contributed by atoms with Gasteiger partial charge in [-0.1, -0.05) is 12.1 Å². The van der Waals surface area contributed by atoms with Gasteiger partial charge in [-0.2, -0.15) is 0 Å². The van der Waals surface area contributed by atoms with Crippen LogP contribution >= 0.6 is 24.0 Å². The van der Waals surface area contributed by atoms with Crippen LogP contribution in [0.2, 0.25) is 0 Å². The molecule has 0 aliphatic rings. The zero-order chi connectivity index (χ0) is 16.7. The Morgan fingerprint density at radius 3 is 2.42 bits per heavy atom. The van der Waals surface area contributed by atoms with Crippen molar-refractivity contribution in [3.63, 3.8) is 0 Å². The molecule has 0 aliphatic heterocycles. The van der Waals surface area contributed by atoms with Gasteiger partial charge >= 0.3 is 0 Å². The lowest BCUT2D eigenvalue weighted by atomic mass is 10.2. The molecular formula is C17H22IN3O3. The second-order valence-electron chi connectivity index (χ2n) is 4.75. The van der Waals surface area contributed by atoms with Gasteiger partial charge in [0.2, 0.25) is 0 Å². The summed E-state index contributed by atoms with van der Waals surface area (Å²) in [6, 6.07) is 13.1. The van der Waals surface area contributed by atoms with Crippen LogP contribution < -0.4 is 25.3 Å². The number of ether oxygens (including phenoxy) is 3. The van der Waals surface area contributed by atoms with E-state index in [2.05, 4.69) is 10.3 Å². The van der Waals surface area contributed by atoms with E-state index in [1.54, 1.807) is 21.3 Å². The number of nitrogens with two attached hydrogens (primary N) is 1. The molecule has 0 fully saturated rings. The third-order valence-corrected chi connectivity index (χ3v) is 3.22. The van der Waals surface area contributed by atoms with Gasteiger partial charge in [-0.05, 0) is 29.8 Å². The molecule has 0 aliphatic carbocycles. The standard InChI is InChI=1S/C17H21N3O3.HI/c1-21-14-6-4-5-13(10-14)20-17(18)19-11-12-7-8-15(22-2)16(9-12)23-3;/h4-10H,11H2,1-3H3,(H3,18,19,20);1H. The maximum Gasteiger partial charge on any atom is 0.193 e. The zero-order valence-electron chi connectivity index (χ0n) is 13.9. The fraction of sp³-hybridized carbons (Fsp3) is 0.235. The molecule has 0 radical (unpaired) electrons. The lowest BCUT2D eigenvalue weighted by Gasteiger charge is -2.09. The molecular weight excluding hydrogens is 421 g/mol. The molecule has 2 rings (SSSR count). The highest BCUT2D eigenvalue weighted by molar-refractivity contribution is 14.0. The first kappa shape index (κ1) is 19.9. The number of halogens is 1. The van der Waals surface area contributed by atoms with Crippen molar-refractivity contribution in [2.24, 2.45) is 10.7 Å². The van der Waals surface area contributed by atoms with Crippen LogP contribution in [-0.4, -0.2) is 27.3 Å². The van der Waals surface area contributed by atoms with E-state index in [1.165, 1.54) is 0 Å². The van der Waals surface area contributed by atoms with Gasteiger partial charge in [0.15, 0.2) is 17.5 Å². The van der Waals surface area contributed by atoms with Gasteiger partial charge in [0.05, 0.1) is 27.9 Å². The highest BCUT2D eigenvalue weighted by atomic mass is 127. The van der Waals surface area contributed by atoms with Crippen LogP contribution in [0.5, 0.6) is 17.2 Å². The number of aliphatic imine (C=N–C) groups is 1. The molecule has 2 aromatic rings. The molecule has 3 N–H and O–H groups in total. The summed E-state index contributed by atoms with van der Waals surface area (Å²) in [7, 11) is 4.82. The van der Waals surface area contributed by atoms with Gasteiger partial charge in [-0.3, -0.25) is 0 Å². The van der Waals surface area contributed by atoms with Crippen LogP contribution in [-0.2, 0) is 6.54 Å². The number of anilines is 1. The Hall–Kier alpha value is -2.16. The number of nitrogens with one attached hydrogen (secondary N) is 1. The number of rotatable bonds is 6. The maximum absolute atomic E-state index is 5.91. The Balaban J connectivity index is 0.00000288. The predicted octanol–water partition coefficient (Wildman–Crippen LogP) is 3.26. The van der Waals surface area contributed by atoms with E-state index in [0.717, 1.165) is 17.0 Å². The van der Waals surface area contributed by atoms with E-state index in [1.807, 2.05) is 42.5 Å². The highest BCUT2D eigenvalue weighted by Gasteiger charge is 2.04. The van der Waals surface area contributed by atoms with E-state index in [9.17, 15) is 0 Å². The molecule has 0 aromatic heterocycles. The second-order valence-corrected chi connectivity index (χ2v) is 4.75. The van der Waals surface area contributed by atoms with Crippen LogP contribution in [0.25, 0.3) is 0 Å². The van der Waals surface area contributed by atoms with Crippen molar-refractivity contribution >= 4 is 35.6 Å². The SMILES string of the molecule is COc1cccc(NC(N)=NCc2ccc(OC)c(OC)c2)c1.I. The molecule has 0 unspecified atom stereocenters. The minimum atomic E-state index is 0. The third-order valence-electron chi connectivity index (χ3n) is 3.22. The van der Waals surface area contributed by atoms with Gasteiger partial charge in [-0.15, -0.1) is 24.0 Å².